The molecule has 3 atom stereocenters. The Morgan fingerprint density at radius 3 is 1.40 bits per heavy atom. The number of hydrogen-bond donors (Lipinski definition) is 3. The molecule has 0 aromatic heterocycles. The second-order valence-corrected chi connectivity index (χ2v) is 16.9. The zero-order valence-corrected chi connectivity index (χ0v) is 37.2. The molecular weight excluding hydrogens is 743 g/mol. The molecule has 0 aromatic carbocycles. The molecule has 0 rings (SSSR count). The summed E-state index contributed by atoms with van der Waals surface area (Å²) in [5, 5.41) is 18.3. The Balaban J connectivity index is 4.27. The van der Waals surface area contributed by atoms with Gasteiger partial charge in [-0.3, -0.25) is 18.6 Å². The molecular formula is C46H85O10P. The molecule has 3 N–H and O–H groups in total. The molecule has 0 fully saturated rings. The number of allylic oxidation sites excluding steroid dienone is 6. The van der Waals surface area contributed by atoms with Gasteiger partial charge in [0.2, 0.25) is 0 Å². The van der Waals surface area contributed by atoms with Crippen LogP contribution in [-0.2, 0) is 32.7 Å². The number of esters is 2. The predicted molar refractivity (Wildman–Crippen MR) is 233 cm³/mol. The van der Waals surface area contributed by atoms with Crippen molar-refractivity contribution >= 4 is 19.8 Å². The van der Waals surface area contributed by atoms with Crippen LogP contribution in [0.3, 0.4) is 0 Å². The maximum Gasteiger partial charge on any atom is 0.472 e. The Morgan fingerprint density at radius 2 is 0.912 bits per heavy atom. The first-order valence-corrected chi connectivity index (χ1v) is 24.4. The molecule has 11 heteroatoms. The molecule has 1 unspecified atom stereocenters. The van der Waals surface area contributed by atoms with Crippen molar-refractivity contribution in [2.24, 2.45) is 0 Å². The smallest absolute Gasteiger partial charge is 0.462 e. The van der Waals surface area contributed by atoms with E-state index in [4.69, 9.17) is 23.6 Å². The molecule has 0 aliphatic carbocycles. The molecule has 334 valence electrons. The highest BCUT2D eigenvalue weighted by Crippen LogP contribution is 2.43. The number of rotatable bonds is 43. The molecule has 0 aromatic rings. The van der Waals surface area contributed by atoms with Crippen molar-refractivity contribution < 1.29 is 47.8 Å². The molecule has 0 heterocycles. The SMILES string of the molecule is CCCCC/C=C/C/C=C/CCCCCCCCCC(=O)O[C@H](COC(=O)CCCCCCCCC/C=C/CCCCCCCC)COP(=O)(O)OC[C@@H](O)CO. The first-order chi connectivity index (χ1) is 27.7. The van der Waals surface area contributed by atoms with Crippen LogP contribution in [0.2, 0.25) is 0 Å². The zero-order valence-electron chi connectivity index (χ0n) is 36.3. The molecule has 0 aliphatic heterocycles. The summed E-state index contributed by atoms with van der Waals surface area (Å²) in [4.78, 5) is 35.0. The Bertz CT molecular complexity index is 1050. The quantitative estimate of drug-likeness (QED) is 0.0235. The second kappa shape index (κ2) is 42.3. The normalized spacial score (nSPS) is 14.1. The highest BCUT2D eigenvalue weighted by Gasteiger charge is 2.27. The summed E-state index contributed by atoms with van der Waals surface area (Å²) in [7, 11) is -4.62. The van der Waals surface area contributed by atoms with Crippen LogP contribution in [0.1, 0.15) is 206 Å². The van der Waals surface area contributed by atoms with Crippen LogP contribution in [0.15, 0.2) is 36.5 Å². The van der Waals surface area contributed by atoms with E-state index < -0.39 is 51.8 Å². The Morgan fingerprint density at radius 1 is 0.526 bits per heavy atom. The molecule has 0 radical (unpaired) electrons. The average molecular weight is 829 g/mol. The number of aliphatic hydroxyl groups is 2. The van der Waals surface area contributed by atoms with Crippen LogP contribution in [0.5, 0.6) is 0 Å². The van der Waals surface area contributed by atoms with Crippen molar-refractivity contribution in [1.29, 1.82) is 0 Å². The van der Waals surface area contributed by atoms with E-state index in [0.29, 0.717) is 12.8 Å². The number of hydrogen-bond acceptors (Lipinski definition) is 9. The summed E-state index contributed by atoms with van der Waals surface area (Å²) < 4.78 is 32.8. The maximum atomic E-state index is 12.6. The number of ether oxygens (including phenoxy) is 2. The first kappa shape index (κ1) is 55.2. The summed E-state index contributed by atoms with van der Waals surface area (Å²) >= 11 is 0. The highest BCUT2D eigenvalue weighted by atomic mass is 31.2. The lowest BCUT2D eigenvalue weighted by Gasteiger charge is -2.20. The van der Waals surface area contributed by atoms with E-state index in [1.54, 1.807) is 0 Å². The van der Waals surface area contributed by atoms with Crippen molar-refractivity contribution in [3.8, 4) is 0 Å². The molecule has 0 spiro atoms. The van der Waals surface area contributed by atoms with Gasteiger partial charge in [-0.05, 0) is 70.6 Å². The molecule has 0 amide bonds. The number of phosphoric acid groups is 1. The van der Waals surface area contributed by atoms with E-state index in [2.05, 4.69) is 50.3 Å². The molecule has 0 saturated carbocycles. The first-order valence-electron chi connectivity index (χ1n) is 22.9. The van der Waals surface area contributed by atoms with E-state index in [1.807, 2.05) is 0 Å². The average Bonchev–Trinajstić information content (AvgIpc) is 3.20. The van der Waals surface area contributed by atoms with Gasteiger partial charge in [0.05, 0.1) is 19.8 Å². The van der Waals surface area contributed by atoms with Gasteiger partial charge in [0, 0.05) is 12.8 Å². The lowest BCUT2D eigenvalue weighted by Crippen LogP contribution is -2.29. The number of unbranched alkanes of at least 4 members (excludes halogenated alkanes) is 23. The minimum absolute atomic E-state index is 0.175. The van der Waals surface area contributed by atoms with Crippen LogP contribution in [0.4, 0.5) is 0 Å². The van der Waals surface area contributed by atoms with Gasteiger partial charge >= 0.3 is 19.8 Å². The summed E-state index contributed by atoms with van der Waals surface area (Å²) in [6.45, 7) is 2.35. The Kier molecular flexibility index (Phi) is 41.0. The summed E-state index contributed by atoms with van der Waals surface area (Å²) in [5.74, 6) is -0.935. The minimum atomic E-state index is -4.62. The highest BCUT2D eigenvalue weighted by molar-refractivity contribution is 7.47. The van der Waals surface area contributed by atoms with E-state index in [0.717, 1.165) is 64.2 Å². The Labute approximate surface area is 348 Å². The number of carbonyl (C=O) groups excluding carboxylic acids is 2. The van der Waals surface area contributed by atoms with Crippen LogP contribution in [0, 0.1) is 0 Å². The number of carbonyl (C=O) groups is 2. The zero-order chi connectivity index (χ0) is 41.9. The third-order valence-corrected chi connectivity index (χ3v) is 10.7. The molecule has 0 aliphatic rings. The fraction of sp³-hybridized carbons (Fsp3) is 0.826. The molecule has 57 heavy (non-hydrogen) atoms. The van der Waals surface area contributed by atoms with Gasteiger partial charge in [0.15, 0.2) is 6.10 Å². The standard InChI is InChI=1S/C46H85O10P/c1-3-5-7-9-11-13-15-17-19-21-23-25-27-29-31-33-35-37-45(49)53-41-44(42-55-57(51,52)54-40-43(48)39-47)56-46(50)38-36-34-32-30-28-26-24-22-20-18-16-14-12-10-8-6-4-2/h12,14,17-20,43-44,47-48H,3-11,13,15-16,21-42H2,1-2H3,(H,51,52)/b14-12+,19-17+,20-18+/t43-,44+/m0/s1. The second-order valence-electron chi connectivity index (χ2n) is 15.4. The van der Waals surface area contributed by atoms with E-state index in [-0.39, 0.29) is 19.4 Å². The van der Waals surface area contributed by atoms with Gasteiger partial charge in [-0.2, -0.15) is 0 Å². The van der Waals surface area contributed by atoms with Gasteiger partial charge in [-0.25, -0.2) is 4.57 Å². The molecule has 10 nitrogen and oxygen atoms in total. The van der Waals surface area contributed by atoms with Crippen LogP contribution >= 0.6 is 7.82 Å². The van der Waals surface area contributed by atoms with E-state index >= 15 is 0 Å². The van der Waals surface area contributed by atoms with Crippen LogP contribution < -0.4 is 0 Å². The fourth-order valence-corrected chi connectivity index (χ4v) is 6.98. The van der Waals surface area contributed by atoms with Crippen LogP contribution in [0.25, 0.3) is 0 Å². The predicted octanol–water partition coefficient (Wildman–Crippen LogP) is 12.3. The fourth-order valence-electron chi connectivity index (χ4n) is 6.19. The van der Waals surface area contributed by atoms with Crippen molar-refractivity contribution in [3.05, 3.63) is 36.5 Å². The van der Waals surface area contributed by atoms with Gasteiger partial charge in [-0.1, -0.05) is 159 Å². The molecule has 0 saturated heterocycles. The number of aliphatic hydroxyl groups excluding tert-OH is 2. The van der Waals surface area contributed by atoms with Crippen LogP contribution in [-0.4, -0.2) is 65.7 Å². The monoisotopic (exact) mass is 829 g/mol. The Hall–Kier alpha value is -1.81. The summed E-state index contributed by atoms with van der Waals surface area (Å²) in [6, 6.07) is 0. The summed E-state index contributed by atoms with van der Waals surface area (Å²) in [5.41, 5.74) is 0. The lowest BCUT2D eigenvalue weighted by atomic mass is 10.1. The maximum absolute atomic E-state index is 12.6. The van der Waals surface area contributed by atoms with Gasteiger partial charge in [0.1, 0.15) is 12.7 Å². The van der Waals surface area contributed by atoms with Gasteiger partial charge < -0.3 is 24.6 Å². The van der Waals surface area contributed by atoms with Crippen molar-refractivity contribution in [3.63, 3.8) is 0 Å². The molecule has 0 bridgehead atoms. The minimum Gasteiger partial charge on any atom is -0.462 e. The third kappa shape index (κ3) is 42.1. The van der Waals surface area contributed by atoms with Crippen molar-refractivity contribution in [2.75, 3.05) is 26.4 Å². The third-order valence-electron chi connectivity index (χ3n) is 9.77. The largest absolute Gasteiger partial charge is 0.472 e. The van der Waals surface area contributed by atoms with Crippen molar-refractivity contribution in [2.45, 2.75) is 219 Å². The van der Waals surface area contributed by atoms with E-state index in [1.165, 1.54) is 103 Å². The van der Waals surface area contributed by atoms with Gasteiger partial charge in [-0.15, -0.1) is 0 Å². The summed E-state index contributed by atoms with van der Waals surface area (Å²) in [6.07, 6.45) is 43.9. The number of phosphoric ester groups is 1. The lowest BCUT2D eigenvalue weighted by molar-refractivity contribution is -0.161. The van der Waals surface area contributed by atoms with Crippen molar-refractivity contribution in [1.82, 2.24) is 0 Å². The van der Waals surface area contributed by atoms with Gasteiger partial charge in [0.25, 0.3) is 0 Å². The topological polar surface area (TPSA) is 149 Å². The van der Waals surface area contributed by atoms with E-state index in [9.17, 15) is 24.2 Å².